The molecule has 1 aromatic carbocycles. The van der Waals surface area contributed by atoms with E-state index in [9.17, 15) is 4.79 Å². The van der Waals surface area contributed by atoms with Gasteiger partial charge in [-0.25, -0.2) is 4.79 Å². The first-order valence-corrected chi connectivity index (χ1v) is 6.48. The molecule has 0 atom stereocenters. The van der Waals surface area contributed by atoms with Crippen molar-refractivity contribution in [3.05, 3.63) is 35.5 Å². The van der Waals surface area contributed by atoms with E-state index in [0.29, 0.717) is 12.2 Å². The molecule has 0 amide bonds. The van der Waals surface area contributed by atoms with Crippen LogP contribution < -0.4 is 5.32 Å². The van der Waals surface area contributed by atoms with E-state index < -0.39 is 0 Å². The Morgan fingerprint density at radius 2 is 2.16 bits per heavy atom. The van der Waals surface area contributed by atoms with Crippen LogP contribution in [-0.4, -0.2) is 24.1 Å². The summed E-state index contributed by atoms with van der Waals surface area (Å²) in [5, 5.41) is 4.20. The standard InChI is InChI=1S/C15H18N2O2/c1-4-16-14-11-8-6-7-10(3)13(11)17-9-12(14)15(18)19-5-2/h6-9H,4-5H2,1-3H3,(H,16,17). The number of aromatic nitrogens is 1. The van der Waals surface area contributed by atoms with Crippen molar-refractivity contribution in [1.82, 2.24) is 4.98 Å². The molecule has 1 heterocycles. The van der Waals surface area contributed by atoms with Crippen LogP contribution in [0.1, 0.15) is 29.8 Å². The molecule has 0 radical (unpaired) electrons. The third-order valence-corrected chi connectivity index (χ3v) is 2.95. The van der Waals surface area contributed by atoms with Crippen molar-refractivity contribution in [2.45, 2.75) is 20.8 Å². The van der Waals surface area contributed by atoms with Gasteiger partial charge in [-0.05, 0) is 26.3 Å². The van der Waals surface area contributed by atoms with Crippen LogP contribution in [0.3, 0.4) is 0 Å². The van der Waals surface area contributed by atoms with E-state index in [1.807, 2.05) is 32.0 Å². The smallest absolute Gasteiger partial charge is 0.341 e. The molecule has 0 bridgehead atoms. The summed E-state index contributed by atoms with van der Waals surface area (Å²) in [7, 11) is 0. The molecule has 0 fully saturated rings. The molecule has 0 aliphatic rings. The molecule has 0 saturated carbocycles. The summed E-state index contributed by atoms with van der Waals surface area (Å²) in [6, 6.07) is 5.94. The minimum atomic E-state index is -0.339. The number of carbonyl (C=O) groups excluding carboxylic acids is 1. The van der Waals surface area contributed by atoms with Gasteiger partial charge in [0, 0.05) is 18.1 Å². The number of carbonyl (C=O) groups is 1. The Morgan fingerprint density at radius 1 is 1.37 bits per heavy atom. The Balaban J connectivity index is 2.65. The maximum atomic E-state index is 12.0. The number of hydrogen-bond donors (Lipinski definition) is 1. The Morgan fingerprint density at radius 3 is 2.84 bits per heavy atom. The van der Waals surface area contributed by atoms with E-state index >= 15 is 0 Å². The van der Waals surface area contributed by atoms with E-state index in [1.165, 1.54) is 0 Å². The van der Waals surface area contributed by atoms with Crippen LogP contribution in [0.5, 0.6) is 0 Å². The van der Waals surface area contributed by atoms with E-state index in [4.69, 9.17) is 4.74 Å². The number of esters is 1. The minimum absolute atomic E-state index is 0.339. The first kappa shape index (κ1) is 13.3. The number of benzene rings is 1. The maximum absolute atomic E-state index is 12.0. The van der Waals surface area contributed by atoms with Crippen molar-refractivity contribution < 1.29 is 9.53 Å². The molecule has 1 aromatic heterocycles. The predicted octanol–water partition coefficient (Wildman–Crippen LogP) is 3.15. The van der Waals surface area contributed by atoms with E-state index in [0.717, 1.165) is 28.7 Å². The Bertz CT molecular complexity index is 608. The predicted molar refractivity (Wildman–Crippen MR) is 76.6 cm³/mol. The van der Waals surface area contributed by atoms with Gasteiger partial charge < -0.3 is 10.1 Å². The lowest BCUT2D eigenvalue weighted by atomic mass is 10.1. The van der Waals surface area contributed by atoms with Gasteiger partial charge in [-0.1, -0.05) is 18.2 Å². The lowest BCUT2D eigenvalue weighted by Crippen LogP contribution is -2.11. The zero-order chi connectivity index (χ0) is 13.8. The summed E-state index contributed by atoms with van der Waals surface area (Å²) in [5.74, 6) is -0.339. The molecular weight excluding hydrogens is 240 g/mol. The van der Waals surface area contributed by atoms with Gasteiger partial charge in [-0.3, -0.25) is 4.98 Å². The van der Waals surface area contributed by atoms with Gasteiger partial charge >= 0.3 is 5.97 Å². The summed E-state index contributed by atoms with van der Waals surface area (Å²) in [5.41, 5.74) is 3.29. The number of fused-ring (bicyclic) bond motifs is 1. The van der Waals surface area contributed by atoms with Crippen LogP contribution in [0, 0.1) is 6.92 Å². The quantitative estimate of drug-likeness (QED) is 0.856. The number of anilines is 1. The van der Waals surface area contributed by atoms with Crippen molar-refractivity contribution in [2.24, 2.45) is 0 Å². The molecule has 4 nitrogen and oxygen atoms in total. The number of nitrogens with zero attached hydrogens (tertiary/aromatic N) is 1. The van der Waals surface area contributed by atoms with Crippen LogP contribution in [0.4, 0.5) is 5.69 Å². The fourth-order valence-corrected chi connectivity index (χ4v) is 2.10. The van der Waals surface area contributed by atoms with Gasteiger partial charge in [0.15, 0.2) is 0 Å². The second kappa shape index (κ2) is 5.69. The number of para-hydroxylation sites is 1. The Hall–Kier alpha value is -2.10. The molecule has 1 N–H and O–H groups in total. The normalized spacial score (nSPS) is 10.5. The molecule has 2 rings (SSSR count). The van der Waals surface area contributed by atoms with Crippen molar-refractivity contribution in [2.75, 3.05) is 18.5 Å². The lowest BCUT2D eigenvalue weighted by molar-refractivity contribution is 0.0527. The highest BCUT2D eigenvalue weighted by atomic mass is 16.5. The van der Waals surface area contributed by atoms with Crippen LogP contribution in [0.15, 0.2) is 24.4 Å². The van der Waals surface area contributed by atoms with Crippen molar-refractivity contribution >= 4 is 22.6 Å². The van der Waals surface area contributed by atoms with Gasteiger partial charge in [0.2, 0.25) is 0 Å². The van der Waals surface area contributed by atoms with Crippen LogP contribution >= 0.6 is 0 Å². The highest BCUT2D eigenvalue weighted by Gasteiger charge is 2.16. The molecule has 100 valence electrons. The molecule has 0 aliphatic carbocycles. The van der Waals surface area contributed by atoms with E-state index in [1.54, 1.807) is 13.1 Å². The summed E-state index contributed by atoms with van der Waals surface area (Å²) < 4.78 is 5.08. The molecule has 0 saturated heterocycles. The number of hydrogen-bond acceptors (Lipinski definition) is 4. The van der Waals surface area contributed by atoms with E-state index in [-0.39, 0.29) is 5.97 Å². The van der Waals surface area contributed by atoms with Crippen molar-refractivity contribution in [1.29, 1.82) is 0 Å². The summed E-state index contributed by atoms with van der Waals surface area (Å²) in [6.45, 7) is 6.89. The zero-order valence-electron chi connectivity index (χ0n) is 11.5. The summed E-state index contributed by atoms with van der Waals surface area (Å²) >= 11 is 0. The van der Waals surface area contributed by atoms with Gasteiger partial charge in [-0.2, -0.15) is 0 Å². The lowest BCUT2D eigenvalue weighted by Gasteiger charge is -2.13. The average Bonchev–Trinajstić information content (AvgIpc) is 2.40. The third kappa shape index (κ3) is 2.52. The number of nitrogens with one attached hydrogen (secondary N) is 1. The molecule has 4 heteroatoms. The molecule has 0 aliphatic heterocycles. The summed E-state index contributed by atoms with van der Waals surface area (Å²) in [6.07, 6.45) is 1.59. The average molecular weight is 258 g/mol. The molecular formula is C15H18N2O2. The number of pyridine rings is 1. The van der Waals surface area contributed by atoms with Crippen molar-refractivity contribution in [3.8, 4) is 0 Å². The first-order valence-electron chi connectivity index (χ1n) is 6.48. The van der Waals surface area contributed by atoms with Crippen LogP contribution in [0.25, 0.3) is 10.9 Å². The minimum Gasteiger partial charge on any atom is -0.462 e. The molecule has 0 spiro atoms. The highest BCUT2D eigenvalue weighted by Crippen LogP contribution is 2.28. The SMILES string of the molecule is CCNc1c(C(=O)OCC)cnc2c(C)cccc12. The Labute approximate surface area is 112 Å². The molecule has 2 aromatic rings. The monoisotopic (exact) mass is 258 g/mol. The second-order valence-corrected chi connectivity index (χ2v) is 4.27. The second-order valence-electron chi connectivity index (χ2n) is 4.27. The number of aryl methyl sites for hydroxylation is 1. The highest BCUT2D eigenvalue weighted by molar-refractivity contribution is 6.05. The Kier molecular flexibility index (Phi) is 4.00. The summed E-state index contributed by atoms with van der Waals surface area (Å²) in [4.78, 5) is 16.4. The number of rotatable bonds is 4. The van der Waals surface area contributed by atoms with Gasteiger partial charge in [0.1, 0.15) is 5.56 Å². The largest absolute Gasteiger partial charge is 0.462 e. The third-order valence-electron chi connectivity index (χ3n) is 2.95. The van der Waals surface area contributed by atoms with Crippen LogP contribution in [-0.2, 0) is 4.74 Å². The maximum Gasteiger partial charge on any atom is 0.341 e. The fraction of sp³-hybridized carbons (Fsp3) is 0.333. The molecule has 0 unspecified atom stereocenters. The van der Waals surface area contributed by atoms with Gasteiger partial charge in [-0.15, -0.1) is 0 Å². The van der Waals surface area contributed by atoms with Gasteiger partial charge in [0.05, 0.1) is 17.8 Å². The fourth-order valence-electron chi connectivity index (χ4n) is 2.10. The first-order chi connectivity index (χ1) is 9.19. The zero-order valence-corrected chi connectivity index (χ0v) is 11.5. The topological polar surface area (TPSA) is 51.2 Å². The number of ether oxygens (including phenoxy) is 1. The van der Waals surface area contributed by atoms with Crippen LogP contribution in [0.2, 0.25) is 0 Å². The van der Waals surface area contributed by atoms with Gasteiger partial charge in [0.25, 0.3) is 0 Å². The van der Waals surface area contributed by atoms with Crippen molar-refractivity contribution in [3.63, 3.8) is 0 Å². The molecule has 19 heavy (non-hydrogen) atoms. The van der Waals surface area contributed by atoms with E-state index in [2.05, 4.69) is 10.3 Å².